The number of H-pyrrole nitrogens is 1. The van der Waals surface area contributed by atoms with Gasteiger partial charge in [-0.05, 0) is 30.7 Å². The first kappa shape index (κ1) is 18.8. The van der Waals surface area contributed by atoms with E-state index < -0.39 is 0 Å². The molecule has 2 amide bonds. The highest BCUT2D eigenvalue weighted by atomic mass is 19.1. The molecule has 0 radical (unpaired) electrons. The molecule has 7 heteroatoms. The standard InChI is InChI=1S/C23H23FN4O2/c24-17-6-2-4-8-20(17)28-10-9-21(23(28)30)26-11-13-27(14-12-26)22(29)19-15-16-5-1-3-7-18(16)25-19/h1-8,15,21,25H,9-14H2. The van der Waals surface area contributed by atoms with Gasteiger partial charge in [-0.25, -0.2) is 4.39 Å². The Labute approximate surface area is 173 Å². The lowest BCUT2D eigenvalue weighted by Gasteiger charge is -2.37. The number of benzene rings is 2. The molecule has 1 N–H and O–H groups in total. The number of aromatic amines is 1. The number of piperazine rings is 1. The third-order valence-corrected chi connectivity index (χ3v) is 6.12. The van der Waals surface area contributed by atoms with Crippen molar-refractivity contribution >= 4 is 28.4 Å². The van der Waals surface area contributed by atoms with Gasteiger partial charge in [-0.2, -0.15) is 0 Å². The smallest absolute Gasteiger partial charge is 0.270 e. The van der Waals surface area contributed by atoms with Gasteiger partial charge in [-0.15, -0.1) is 0 Å². The molecular formula is C23H23FN4O2. The SMILES string of the molecule is O=C(c1cc2ccccc2[nH]1)N1CCN(C2CCN(c3ccccc3F)C2=O)CC1. The molecule has 1 unspecified atom stereocenters. The van der Waals surface area contributed by atoms with Gasteiger partial charge in [0.15, 0.2) is 0 Å². The molecule has 0 saturated carbocycles. The van der Waals surface area contributed by atoms with Crippen LogP contribution < -0.4 is 4.90 Å². The molecule has 2 saturated heterocycles. The average molecular weight is 406 g/mol. The van der Waals surface area contributed by atoms with Crippen LogP contribution in [0.15, 0.2) is 54.6 Å². The number of para-hydroxylation sites is 2. The van der Waals surface area contributed by atoms with Crippen LogP contribution in [0, 0.1) is 5.82 Å². The Bertz CT molecular complexity index is 1070. The minimum Gasteiger partial charge on any atom is -0.351 e. The summed E-state index contributed by atoms with van der Waals surface area (Å²) in [4.78, 5) is 34.5. The fourth-order valence-corrected chi connectivity index (χ4v) is 4.51. The van der Waals surface area contributed by atoms with Crippen molar-refractivity contribution in [2.45, 2.75) is 12.5 Å². The number of hydrogen-bond acceptors (Lipinski definition) is 3. The van der Waals surface area contributed by atoms with Crippen LogP contribution in [0.1, 0.15) is 16.9 Å². The van der Waals surface area contributed by atoms with Crippen molar-refractivity contribution in [1.82, 2.24) is 14.8 Å². The molecule has 0 bridgehead atoms. The van der Waals surface area contributed by atoms with Crippen LogP contribution in [0.4, 0.5) is 10.1 Å². The first-order chi connectivity index (χ1) is 14.6. The number of anilines is 1. The molecule has 0 aliphatic carbocycles. The topological polar surface area (TPSA) is 59.7 Å². The number of nitrogens with one attached hydrogen (secondary N) is 1. The van der Waals surface area contributed by atoms with E-state index in [2.05, 4.69) is 9.88 Å². The van der Waals surface area contributed by atoms with Gasteiger partial charge in [0.05, 0.1) is 11.7 Å². The first-order valence-electron chi connectivity index (χ1n) is 10.3. The van der Waals surface area contributed by atoms with Crippen LogP contribution in [0.2, 0.25) is 0 Å². The summed E-state index contributed by atoms with van der Waals surface area (Å²) in [5, 5.41) is 1.02. The highest BCUT2D eigenvalue weighted by Crippen LogP contribution is 2.27. The summed E-state index contributed by atoms with van der Waals surface area (Å²) in [6, 6.07) is 15.9. The maximum atomic E-state index is 14.1. The normalized spacial score (nSPS) is 20.3. The lowest BCUT2D eigenvalue weighted by Crippen LogP contribution is -2.53. The minimum absolute atomic E-state index is 0.0171. The molecule has 2 fully saturated rings. The maximum Gasteiger partial charge on any atom is 0.270 e. The summed E-state index contributed by atoms with van der Waals surface area (Å²) in [7, 11) is 0. The summed E-state index contributed by atoms with van der Waals surface area (Å²) in [5.41, 5.74) is 1.88. The first-order valence-corrected chi connectivity index (χ1v) is 10.3. The molecule has 2 aromatic carbocycles. The average Bonchev–Trinajstić information content (AvgIpc) is 3.37. The second-order valence-corrected chi connectivity index (χ2v) is 7.84. The van der Waals surface area contributed by atoms with Crippen LogP contribution in [0.3, 0.4) is 0 Å². The number of carbonyl (C=O) groups is 2. The highest BCUT2D eigenvalue weighted by molar-refractivity contribution is 6.00. The molecule has 2 aliphatic heterocycles. The lowest BCUT2D eigenvalue weighted by atomic mass is 10.1. The molecular weight excluding hydrogens is 383 g/mol. The number of fused-ring (bicyclic) bond motifs is 1. The highest BCUT2D eigenvalue weighted by Gasteiger charge is 2.39. The molecule has 154 valence electrons. The van der Waals surface area contributed by atoms with Gasteiger partial charge >= 0.3 is 0 Å². The van der Waals surface area contributed by atoms with Gasteiger partial charge < -0.3 is 14.8 Å². The van der Waals surface area contributed by atoms with Crippen molar-refractivity contribution in [2.24, 2.45) is 0 Å². The number of hydrogen-bond donors (Lipinski definition) is 1. The molecule has 6 nitrogen and oxygen atoms in total. The predicted molar refractivity (Wildman–Crippen MR) is 113 cm³/mol. The molecule has 0 spiro atoms. The number of carbonyl (C=O) groups excluding carboxylic acids is 2. The maximum absolute atomic E-state index is 14.1. The fourth-order valence-electron chi connectivity index (χ4n) is 4.51. The third-order valence-electron chi connectivity index (χ3n) is 6.12. The number of halogens is 1. The van der Waals surface area contributed by atoms with Gasteiger partial charge in [0, 0.05) is 43.6 Å². The summed E-state index contributed by atoms with van der Waals surface area (Å²) >= 11 is 0. The van der Waals surface area contributed by atoms with Crippen molar-refractivity contribution in [1.29, 1.82) is 0 Å². The Balaban J connectivity index is 1.23. The fraction of sp³-hybridized carbons (Fsp3) is 0.304. The Kier molecular flexibility index (Phi) is 4.75. The van der Waals surface area contributed by atoms with E-state index in [0.29, 0.717) is 50.5 Å². The molecule has 1 aromatic heterocycles. The largest absolute Gasteiger partial charge is 0.351 e. The van der Waals surface area contributed by atoms with E-state index in [4.69, 9.17) is 0 Å². The van der Waals surface area contributed by atoms with E-state index in [-0.39, 0.29) is 23.7 Å². The van der Waals surface area contributed by atoms with Gasteiger partial charge in [0.25, 0.3) is 5.91 Å². The van der Waals surface area contributed by atoms with Crippen molar-refractivity contribution in [2.75, 3.05) is 37.6 Å². The van der Waals surface area contributed by atoms with Crippen molar-refractivity contribution < 1.29 is 14.0 Å². The second kappa shape index (κ2) is 7.57. The van der Waals surface area contributed by atoms with Crippen molar-refractivity contribution in [3.8, 4) is 0 Å². The van der Waals surface area contributed by atoms with Gasteiger partial charge in [0.2, 0.25) is 5.91 Å². The Morgan fingerprint density at radius 2 is 1.70 bits per heavy atom. The Morgan fingerprint density at radius 1 is 0.967 bits per heavy atom. The van der Waals surface area contributed by atoms with Crippen LogP contribution >= 0.6 is 0 Å². The van der Waals surface area contributed by atoms with Crippen LogP contribution in [0.25, 0.3) is 10.9 Å². The molecule has 2 aliphatic rings. The predicted octanol–water partition coefficient (Wildman–Crippen LogP) is 2.87. The van der Waals surface area contributed by atoms with E-state index in [0.717, 1.165) is 10.9 Å². The lowest BCUT2D eigenvalue weighted by molar-refractivity contribution is -0.122. The van der Waals surface area contributed by atoms with E-state index in [1.54, 1.807) is 23.1 Å². The third kappa shape index (κ3) is 3.25. The molecule has 3 aromatic rings. The zero-order chi connectivity index (χ0) is 20.7. The van der Waals surface area contributed by atoms with E-state index in [1.807, 2.05) is 35.2 Å². The molecule has 1 atom stereocenters. The Hall–Kier alpha value is -3.19. The van der Waals surface area contributed by atoms with Gasteiger partial charge in [-0.3, -0.25) is 14.5 Å². The van der Waals surface area contributed by atoms with Crippen LogP contribution in [-0.2, 0) is 4.79 Å². The van der Waals surface area contributed by atoms with Crippen molar-refractivity contribution in [3.63, 3.8) is 0 Å². The zero-order valence-electron chi connectivity index (χ0n) is 16.6. The summed E-state index contributed by atoms with van der Waals surface area (Å²) in [6.45, 7) is 2.91. The Morgan fingerprint density at radius 3 is 2.47 bits per heavy atom. The van der Waals surface area contributed by atoms with E-state index >= 15 is 0 Å². The number of aromatic nitrogens is 1. The number of amides is 2. The summed E-state index contributed by atoms with van der Waals surface area (Å²) < 4.78 is 14.1. The monoisotopic (exact) mass is 406 g/mol. The van der Waals surface area contributed by atoms with E-state index in [9.17, 15) is 14.0 Å². The quantitative estimate of drug-likeness (QED) is 0.728. The molecule has 30 heavy (non-hydrogen) atoms. The number of rotatable bonds is 3. The zero-order valence-corrected chi connectivity index (χ0v) is 16.6. The molecule has 3 heterocycles. The minimum atomic E-state index is -0.375. The van der Waals surface area contributed by atoms with Gasteiger partial charge in [0.1, 0.15) is 11.5 Å². The number of nitrogens with zero attached hydrogens (tertiary/aromatic N) is 3. The van der Waals surface area contributed by atoms with Crippen molar-refractivity contribution in [3.05, 3.63) is 66.1 Å². The summed E-state index contributed by atoms with van der Waals surface area (Å²) in [5.74, 6) is -0.452. The summed E-state index contributed by atoms with van der Waals surface area (Å²) in [6.07, 6.45) is 0.670. The van der Waals surface area contributed by atoms with Gasteiger partial charge in [-0.1, -0.05) is 30.3 Å². The van der Waals surface area contributed by atoms with Crippen LogP contribution in [-0.4, -0.2) is 65.4 Å². The molecule has 5 rings (SSSR count). The van der Waals surface area contributed by atoms with Crippen LogP contribution in [0.5, 0.6) is 0 Å². The second-order valence-electron chi connectivity index (χ2n) is 7.84. The van der Waals surface area contributed by atoms with E-state index in [1.165, 1.54) is 6.07 Å².